The van der Waals surface area contributed by atoms with Crippen LogP contribution in [0.25, 0.3) is 0 Å². The van der Waals surface area contributed by atoms with Crippen LogP contribution in [-0.4, -0.2) is 96.0 Å². The molecule has 0 aromatic heterocycles. The van der Waals surface area contributed by atoms with E-state index in [0.29, 0.717) is 12.8 Å². The van der Waals surface area contributed by atoms with Crippen LogP contribution in [-0.2, 0) is 38.7 Å². The van der Waals surface area contributed by atoms with E-state index >= 15 is 0 Å². The summed E-state index contributed by atoms with van der Waals surface area (Å²) < 4.78 is 54.3. The Balaban J connectivity index is 2.34. The lowest BCUT2D eigenvalue weighted by atomic mass is 10.00. The van der Waals surface area contributed by atoms with Crippen molar-refractivity contribution in [3.63, 3.8) is 0 Å². The number of unbranched alkanes of at least 4 members (excludes halogenated alkanes) is 29. The van der Waals surface area contributed by atoms with Gasteiger partial charge in [0.05, 0.1) is 6.61 Å². The maximum atomic E-state index is 12.9. The molecule has 0 amide bonds. The van der Waals surface area contributed by atoms with Crippen LogP contribution in [0, 0.1) is 0 Å². The van der Waals surface area contributed by atoms with Gasteiger partial charge >= 0.3 is 11.9 Å². The third kappa shape index (κ3) is 38.6. The molecule has 6 atom stereocenters. The van der Waals surface area contributed by atoms with Crippen molar-refractivity contribution in [1.29, 1.82) is 0 Å². The lowest BCUT2D eigenvalue weighted by Gasteiger charge is -2.40. The summed E-state index contributed by atoms with van der Waals surface area (Å²) in [6, 6.07) is 0. The summed E-state index contributed by atoms with van der Waals surface area (Å²) in [7, 11) is -4.61. The molecule has 1 aliphatic rings. The van der Waals surface area contributed by atoms with Crippen LogP contribution in [0.1, 0.15) is 245 Å². The normalized spacial score (nSPS) is 19.4. The SMILES string of the molecule is CCCCC/C=C\C/C=C\CCCCCCCCCCCC(=O)OC(COC(=O)CCCCCCCCCCC/C=C\CCCCCCCCCC)COC1OC(CS(=O)(=O)O)C(O)C(O)C1O. The third-order valence-corrected chi connectivity index (χ3v) is 13.4. The van der Waals surface area contributed by atoms with Crippen molar-refractivity contribution in [2.75, 3.05) is 19.0 Å². The van der Waals surface area contributed by atoms with Crippen molar-refractivity contribution < 1.29 is 56.8 Å². The second-order valence-electron chi connectivity index (χ2n) is 19.2. The summed E-state index contributed by atoms with van der Waals surface area (Å²) in [4.78, 5) is 25.6. The van der Waals surface area contributed by atoms with Crippen molar-refractivity contribution in [3.05, 3.63) is 36.5 Å². The highest BCUT2D eigenvalue weighted by atomic mass is 32.2. The van der Waals surface area contributed by atoms with Gasteiger partial charge in [0.25, 0.3) is 10.1 Å². The third-order valence-electron chi connectivity index (χ3n) is 12.7. The van der Waals surface area contributed by atoms with Gasteiger partial charge in [-0.15, -0.1) is 0 Å². The smallest absolute Gasteiger partial charge is 0.306 e. The molecule has 0 spiro atoms. The minimum atomic E-state index is -4.61. The Bertz CT molecular complexity index is 1380. The fourth-order valence-electron chi connectivity index (χ4n) is 8.41. The van der Waals surface area contributed by atoms with Crippen molar-refractivity contribution in [3.8, 4) is 0 Å². The van der Waals surface area contributed by atoms with Gasteiger partial charge in [0, 0.05) is 12.8 Å². The van der Waals surface area contributed by atoms with E-state index in [1.165, 1.54) is 148 Å². The minimum Gasteiger partial charge on any atom is -0.462 e. The van der Waals surface area contributed by atoms with Crippen LogP contribution >= 0.6 is 0 Å². The summed E-state index contributed by atoms with van der Waals surface area (Å²) in [5.41, 5.74) is 0. The Kier molecular flexibility index (Phi) is 42.1. The summed E-state index contributed by atoms with van der Waals surface area (Å²) in [5.74, 6) is -1.98. The summed E-state index contributed by atoms with van der Waals surface area (Å²) in [6.07, 6.45) is 44.6. The number of esters is 2. The van der Waals surface area contributed by atoms with Gasteiger partial charge in [-0.05, 0) is 70.6 Å². The first-order chi connectivity index (χ1) is 33.0. The van der Waals surface area contributed by atoms with Gasteiger partial charge in [-0.1, -0.05) is 198 Å². The summed E-state index contributed by atoms with van der Waals surface area (Å²) in [6.45, 7) is 3.77. The van der Waals surface area contributed by atoms with Crippen molar-refractivity contribution in [1.82, 2.24) is 0 Å². The molecule has 0 aromatic carbocycles. The van der Waals surface area contributed by atoms with Gasteiger partial charge in [-0.25, -0.2) is 0 Å². The molecular weight excluding hydrogens is 885 g/mol. The van der Waals surface area contributed by atoms with E-state index in [4.69, 9.17) is 18.9 Å². The van der Waals surface area contributed by atoms with Gasteiger partial charge < -0.3 is 34.3 Å². The highest BCUT2D eigenvalue weighted by molar-refractivity contribution is 7.85. The maximum absolute atomic E-state index is 12.9. The molecule has 1 heterocycles. The number of hydrogen-bond donors (Lipinski definition) is 4. The van der Waals surface area contributed by atoms with E-state index in [9.17, 15) is 37.9 Å². The van der Waals surface area contributed by atoms with E-state index in [2.05, 4.69) is 50.3 Å². The fourth-order valence-corrected chi connectivity index (χ4v) is 9.10. The van der Waals surface area contributed by atoms with Crippen LogP contribution in [0.15, 0.2) is 36.5 Å². The zero-order chi connectivity index (χ0) is 49.8. The number of hydrogen-bond acceptors (Lipinski definition) is 11. The molecule has 12 nitrogen and oxygen atoms in total. The molecule has 6 unspecified atom stereocenters. The molecule has 1 fully saturated rings. The number of rotatable bonds is 47. The summed E-state index contributed by atoms with van der Waals surface area (Å²) in [5, 5.41) is 31.0. The lowest BCUT2D eigenvalue weighted by Crippen LogP contribution is -2.60. The number of carbonyl (C=O) groups is 2. The quantitative estimate of drug-likeness (QED) is 0.0196. The Hall–Kier alpha value is -2.13. The Morgan fingerprint density at radius 3 is 1.34 bits per heavy atom. The summed E-state index contributed by atoms with van der Waals surface area (Å²) >= 11 is 0. The number of ether oxygens (including phenoxy) is 4. The van der Waals surface area contributed by atoms with E-state index in [1.807, 2.05) is 0 Å². The van der Waals surface area contributed by atoms with Gasteiger partial charge in [-0.3, -0.25) is 14.1 Å². The maximum Gasteiger partial charge on any atom is 0.306 e. The molecule has 1 rings (SSSR count). The predicted octanol–water partition coefficient (Wildman–Crippen LogP) is 12.9. The minimum absolute atomic E-state index is 0.160. The highest BCUT2D eigenvalue weighted by Gasteiger charge is 2.46. The molecule has 13 heteroatoms. The van der Waals surface area contributed by atoms with Gasteiger partial charge in [0.2, 0.25) is 0 Å². The van der Waals surface area contributed by atoms with Crippen LogP contribution in [0.2, 0.25) is 0 Å². The Labute approximate surface area is 414 Å². The molecule has 1 aliphatic heterocycles. The average molecular weight is 985 g/mol. The Morgan fingerprint density at radius 1 is 0.500 bits per heavy atom. The Morgan fingerprint density at radius 2 is 0.882 bits per heavy atom. The average Bonchev–Trinajstić information content (AvgIpc) is 3.31. The first-order valence-electron chi connectivity index (χ1n) is 27.5. The van der Waals surface area contributed by atoms with E-state index in [-0.39, 0.29) is 19.4 Å². The van der Waals surface area contributed by atoms with Crippen molar-refractivity contribution >= 4 is 22.1 Å². The first kappa shape index (κ1) is 63.9. The lowest BCUT2D eigenvalue weighted by molar-refractivity contribution is -0.297. The standard InChI is InChI=1S/C55H100O12S/c1-3-5-7-9-11-13-15-17-19-21-23-24-26-27-29-31-33-35-37-39-41-43-50(56)64-45-48(46-65-55-54(60)53(59)52(58)49(67-55)47-68(61,62)63)66-51(57)44-42-40-38-36-34-32-30-28-25-22-20-18-16-14-12-10-8-6-4-2/h12,14,18,20-21,23,48-49,52-55,58-60H,3-11,13,15-17,19,22,24-47H2,1-2H3,(H,61,62,63)/b14-12-,20-18-,23-21-. The number of allylic oxidation sites excluding steroid dienone is 6. The molecule has 0 aliphatic carbocycles. The number of aliphatic hydroxyl groups is 3. The van der Waals surface area contributed by atoms with E-state index in [1.54, 1.807) is 0 Å². The molecule has 398 valence electrons. The van der Waals surface area contributed by atoms with Crippen LogP contribution < -0.4 is 0 Å². The van der Waals surface area contributed by atoms with Crippen molar-refractivity contribution in [2.45, 2.75) is 282 Å². The largest absolute Gasteiger partial charge is 0.462 e. The van der Waals surface area contributed by atoms with Gasteiger partial charge in [0.1, 0.15) is 36.8 Å². The second kappa shape index (κ2) is 44.8. The van der Waals surface area contributed by atoms with Gasteiger partial charge in [0.15, 0.2) is 12.4 Å². The monoisotopic (exact) mass is 985 g/mol. The number of carbonyl (C=O) groups excluding carboxylic acids is 2. The van der Waals surface area contributed by atoms with Crippen LogP contribution in [0.3, 0.4) is 0 Å². The van der Waals surface area contributed by atoms with Crippen LogP contribution in [0.5, 0.6) is 0 Å². The number of aliphatic hydroxyl groups excluding tert-OH is 3. The molecule has 1 saturated heterocycles. The molecule has 68 heavy (non-hydrogen) atoms. The first-order valence-corrected chi connectivity index (χ1v) is 29.2. The molecular formula is C55H100O12S. The zero-order valence-corrected chi connectivity index (χ0v) is 43.8. The highest BCUT2D eigenvalue weighted by Crippen LogP contribution is 2.24. The molecule has 4 N–H and O–H groups in total. The second-order valence-corrected chi connectivity index (χ2v) is 20.7. The van der Waals surface area contributed by atoms with Crippen LogP contribution in [0.4, 0.5) is 0 Å². The van der Waals surface area contributed by atoms with E-state index < -0.39 is 71.2 Å². The van der Waals surface area contributed by atoms with Crippen molar-refractivity contribution in [2.24, 2.45) is 0 Å². The molecule has 0 radical (unpaired) electrons. The molecule has 0 bridgehead atoms. The fraction of sp³-hybridized carbons (Fsp3) is 0.855. The topological polar surface area (TPSA) is 186 Å². The van der Waals surface area contributed by atoms with Gasteiger partial charge in [-0.2, -0.15) is 8.42 Å². The molecule has 0 saturated carbocycles. The zero-order valence-electron chi connectivity index (χ0n) is 43.0. The van der Waals surface area contributed by atoms with E-state index in [0.717, 1.165) is 57.8 Å². The predicted molar refractivity (Wildman–Crippen MR) is 275 cm³/mol. The molecule has 0 aromatic rings.